The maximum absolute atomic E-state index is 12.3. The molecule has 2 aliphatic rings. The van der Waals surface area contributed by atoms with E-state index in [1.165, 1.54) is 22.3 Å². The molecule has 0 atom stereocenters. The molecule has 0 bridgehead atoms. The summed E-state index contributed by atoms with van der Waals surface area (Å²) in [5.74, 6) is 1.33. The molecule has 1 N–H and O–H groups in total. The number of benzene rings is 3. The highest BCUT2D eigenvalue weighted by Gasteiger charge is 2.29. The lowest BCUT2D eigenvalue weighted by molar-refractivity contribution is 0.158. The second-order valence-electron chi connectivity index (χ2n) is 6.52. The van der Waals surface area contributed by atoms with Crippen LogP contribution in [0, 0.1) is 0 Å². The van der Waals surface area contributed by atoms with Gasteiger partial charge in [0.25, 0.3) is 0 Å². The van der Waals surface area contributed by atoms with Crippen molar-refractivity contribution < 1.29 is 19.0 Å². The van der Waals surface area contributed by atoms with Crippen molar-refractivity contribution in [3.63, 3.8) is 0 Å². The van der Waals surface area contributed by atoms with Crippen molar-refractivity contribution in [2.24, 2.45) is 0 Å². The quantitative estimate of drug-likeness (QED) is 0.731. The molecule has 0 saturated carbocycles. The predicted octanol–water partition coefficient (Wildman–Crippen LogP) is 4.78. The Hall–Kier alpha value is -3.47. The Bertz CT molecular complexity index is 985. The topological polar surface area (TPSA) is 56.8 Å². The Morgan fingerprint density at radius 3 is 2.33 bits per heavy atom. The summed E-state index contributed by atoms with van der Waals surface area (Å²) in [4.78, 5) is 12.3. The van der Waals surface area contributed by atoms with Crippen LogP contribution in [0.5, 0.6) is 11.5 Å². The molecule has 1 aliphatic carbocycles. The first-order valence-electron chi connectivity index (χ1n) is 8.81. The minimum atomic E-state index is -0.490. The standard InChI is InChI=1S/C22H17NO4/c24-22(23-14-9-10-20-21(11-14)27-13-26-20)25-12-19-17-7-3-1-5-15(17)16-6-2-4-8-18(16)19/h1-11,19H,12-13H2,(H,23,24). The number of anilines is 1. The lowest BCUT2D eigenvalue weighted by atomic mass is 9.98. The fraction of sp³-hybridized carbons (Fsp3) is 0.136. The molecule has 0 spiro atoms. The largest absolute Gasteiger partial charge is 0.454 e. The van der Waals surface area contributed by atoms with Crippen molar-refractivity contribution in [1.29, 1.82) is 0 Å². The molecule has 3 aromatic rings. The number of amides is 1. The molecule has 0 fully saturated rings. The third-order valence-electron chi connectivity index (χ3n) is 4.96. The zero-order chi connectivity index (χ0) is 18.2. The third-order valence-corrected chi connectivity index (χ3v) is 4.96. The molecule has 3 aromatic carbocycles. The Labute approximate surface area is 156 Å². The Morgan fingerprint density at radius 1 is 0.926 bits per heavy atom. The summed E-state index contributed by atoms with van der Waals surface area (Å²) in [5.41, 5.74) is 5.40. The molecule has 0 saturated heterocycles. The highest BCUT2D eigenvalue weighted by atomic mass is 16.7. The summed E-state index contributed by atoms with van der Waals surface area (Å²) in [6.45, 7) is 0.480. The molecule has 5 heteroatoms. The Balaban J connectivity index is 1.31. The number of ether oxygens (including phenoxy) is 3. The van der Waals surface area contributed by atoms with Crippen LogP contribution in [0.1, 0.15) is 17.0 Å². The smallest absolute Gasteiger partial charge is 0.411 e. The van der Waals surface area contributed by atoms with Crippen molar-refractivity contribution in [2.75, 3.05) is 18.7 Å². The molecular weight excluding hydrogens is 342 g/mol. The van der Waals surface area contributed by atoms with E-state index in [-0.39, 0.29) is 19.3 Å². The number of hydrogen-bond acceptors (Lipinski definition) is 4. The molecule has 1 heterocycles. The van der Waals surface area contributed by atoms with Gasteiger partial charge in [0, 0.05) is 17.7 Å². The van der Waals surface area contributed by atoms with Crippen LogP contribution in [0.3, 0.4) is 0 Å². The van der Waals surface area contributed by atoms with E-state index in [0.717, 1.165) is 0 Å². The van der Waals surface area contributed by atoms with E-state index in [0.29, 0.717) is 17.2 Å². The van der Waals surface area contributed by atoms with Gasteiger partial charge in [-0.2, -0.15) is 0 Å². The third kappa shape index (κ3) is 2.77. The van der Waals surface area contributed by atoms with Gasteiger partial charge in [-0.05, 0) is 34.4 Å². The molecule has 134 valence electrons. The average Bonchev–Trinajstić information content (AvgIpc) is 3.28. The predicted molar refractivity (Wildman–Crippen MR) is 101 cm³/mol. The molecule has 27 heavy (non-hydrogen) atoms. The normalized spacial score (nSPS) is 13.8. The number of carbonyl (C=O) groups is 1. The Kier molecular flexibility index (Phi) is 3.71. The van der Waals surface area contributed by atoms with Gasteiger partial charge in [-0.1, -0.05) is 48.5 Å². The first-order chi connectivity index (χ1) is 13.3. The van der Waals surface area contributed by atoms with Crippen molar-refractivity contribution in [2.45, 2.75) is 5.92 Å². The van der Waals surface area contributed by atoms with Crippen molar-refractivity contribution in [3.05, 3.63) is 77.9 Å². The van der Waals surface area contributed by atoms with Crippen molar-refractivity contribution >= 4 is 11.8 Å². The highest BCUT2D eigenvalue weighted by molar-refractivity contribution is 5.85. The fourth-order valence-corrected chi connectivity index (χ4v) is 3.73. The minimum Gasteiger partial charge on any atom is -0.454 e. The molecular formula is C22H17NO4. The van der Waals surface area contributed by atoms with E-state index in [9.17, 15) is 4.79 Å². The van der Waals surface area contributed by atoms with Crippen molar-refractivity contribution in [3.8, 4) is 22.6 Å². The van der Waals surface area contributed by atoms with Gasteiger partial charge < -0.3 is 14.2 Å². The maximum atomic E-state index is 12.3. The molecule has 0 aromatic heterocycles. The second kappa shape index (κ2) is 6.36. The first kappa shape index (κ1) is 15.8. The van der Waals surface area contributed by atoms with Gasteiger partial charge in [0.2, 0.25) is 6.79 Å². The summed E-state index contributed by atoms with van der Waals surface area (Å²) in [6.07, 6.45) is -0.490. The van der Waals surface area contributed by atoms with Crippen LogP contribution in [-0.2, 0) is 4.74 Å². The number of fused-ring (bicyclic) bond motifs is 4. The number of carbonyl (C=O) groups excluding carboxylic acids is 1. The maximum Gasteiger partial charge on any atom is 0.411 e. The lowest BCUT2D eigenvalue weighted by Crippen LogP contribution is -2.17. The van der Waals surface area contributed by atoms with Crippen LogP contribution >= 0.6 is 0 Å². The van der Waals surface area contributed by atoms with E-state index in [2.05, 4.69) is 29.6 Å². The Morgan fingerprint density at radius 2 is 1.59 bits per heavy atom. The van der Waals surface area contributed by atoms with Crippen LogP contribution in [-0.4, -0.2) is 19.5 Å². The van der Waals surface area contributed by atoms with Crippen LogP contribution in [0.4, 0.5) is 10.5 Å². The summed E-state index contributed by atoms with van der Waals surface area (Å²) in [7, 11) is 0. The van der Waals surface area contributed by atoms with E-state index < -0.39 is 6.09 Å². The molecule has 0 unspecified atom stereocenters. The van der Waals surface area contributed by atoms with Crippen LogP contribution in [0.25, 0.3) is 11.1 Å². The zero-order valence-electron chi connectivity index (χ0n) is 14.5. The monoisotopic (exact) mass is 359 g/mol. The fourth-order valence-electron chi connectivity index (χ4n) is 3.73. The minimum absolute atomic E-state index is 0.0416. The van der Waals surface area contributed by atoms with Crippen molar-refractivity contribution in [1.82, 2.24) is 0 Å². The van der Waals surface area contributed by atoms with Crippen LogP contribution < -0.4 is 14.8 Å². The van der Waals surface area contributed by atoms with Gasteiger partial charge >= 0.3 is 6.09 Å². The summed E-state index contributed by atoms with van der Waals surface area (Å²) >= 11 is 0. The SMILES string of the molecule is O=C(Nc1ccc2c(c1)OCO2)OCC1c2ccccc2-c2ccccc21. The molecule has 5 rings (SSSR count). The molecule has 5 nitrogen and oxygen atoms in total. The molecule has 1 amide bonds. The number of nitrogens with one attached hydrogen (secondary N) is 1. The number of hydrogen-bond donors (Lipinski definition) is 1. The highest BCUT2D eigenvalue weighted by Crippen LogP contribution is 2.44. The van der Waals surface area contributed by atoms with E-state index >= 15 is 0 Å². The summed E-state index contributed by atoms with van der Waals surface area (Å²) < 4.78 is 16.1. The second-order valence-corrected chi connectivity index (χ2v) is 6.52. The van der Waals surface area contributed by atoms with Crippen LogP contribution in [0.15, 0.2) is 66.7 Å². The van der Waals surface area contributed by atoms with E-state index in [1.807, 2.05) is 24.3 Å². The molecule has 0 radical (unpaired) electrons. The lowest BCUT2D eigenvalue weighted by Gasteiger charge is -2.14. The van der Waals surface area contributed by atoms with Gasteiger partial charge in [0.1, 0.15) is 6.61 Å². The summed E-state index contributed by atoms with van der Waals surface area (Å²) in [6, 6.07) is 21.8. The average molecular weight is 359 g/mol. The summed E-state index contributed by atoms with van der Waals surface area (Å²) in [5, 5.41) is 2.75. The van der Waals surface area contributed by atoms with E-state index in [4.69, 9.17) is 14.2 Å². The van der Waals surface area contributed by atoms with Gasteiger partial charge in [0.15, 0.2) is 11.5 Å². The van der Waals surface area contributed by atoms with Gasteiger partial charge in [0.05, 0.1) is 0 Å². The molecule has 1 aliphatic heterocycles. The number of rotatable bonds is 3. The van der Waals surface area contributed by atoms with Gasteiger partial charge in [-0.3, -0.25) is 5.32 Å². The van der Waals surface area contributed by atoms with Gasteiger partial charge in [-0.25, -0.2) is 4.79 Å². The van der Waals surface area contributed by atoms with E-state index in [1.54, 1.807) is 18.2 Å². The zero-order valence-corrected chi connectivity index (χ0v) is 14.5. The first-order valence-corrected chi connectivity index (χ1v) is 8.81. The van der Waals surface area contributed by atoms with Gasteiger partial charge in [-0.15, -0.1) is 0 Å². The van der Waals surface area contributed by atoms with Crippen LogP contribution in [0.2, 0.25) is 0 Å².